The van der Waals surface area contributed by atoms with Gasteiger partial charge in [0.25, 0.3) is 5.91 Å². The van der Waals surface area contributed by atoms with E-state index in [0.717, 1.165) is 0 Å². The van der Waals surface area contributed by atoms with E-state index in [1.807, 2.05) is 13.8 Å². The fourth-order valence-corrected chi connectivity index (χ4v) is 5.31. The number of sulfonamides is 1. The minimum Gasteiger partial charge on any atom is -0.372 e. The average Bonchev–Trinajstić information content (AvgIpc) is 2.72. The number of hydrogen-bond donors (Lipinski definition) is 2. The van der Waals surface area contributed by atoms with Crippen molar-refractivity contribution >= 4 is 27.5 Å². The maximum absolute atomic E-state index is 12.9. The molecule has 0 unspecified atom stereocenters. The molecule has 32 heavy (non-hydrogen) atoms. The first-order valence-corrected chi connectivity index (χ1v) is 13.0. The molecule has 1 saturated carbocycles. The van der Waals surface area contributed by atoms with E-state index >= 15 is 0 Å². The van der Waals surface area contributed by atoms with Crippen LogP contribution < -0.4 is 10.0 Å². The van der Waals surface area contributed by atoms with Gasteiger partial charge in [0.15, 0.2) is 0 Å². The third-order valence-corrected chi connectivity index (χ3v) is 8.04. The summed E-state index contributed by atoms with van der Waals surface area (Å²) in [7, 11) is -3.31. The minimum absolute atomic E-state index is 0.00858. The predicted molar refractivity (Wildman–Crippen MR) is 124 cm³/mol. The van der Waals surface area contributed by atoms with Gasteiger partial charge >= 0.3 is 0 Å². The van der Waals surface area contributed by atoms with Crippen LogP contribution in [0, 0.1) is 5.92 Å². The molecule has 2 fully saturated rings. The number of nitrogens with zero attached hydrogens (tertiary/aromatic N) is 1. The van der Waals surface area contributed by atoms with Gasteiger partial charge in [-0.1, -0.05) is 6.07 Å². The molecule has 1 aromatic carbocycles. The van der Waals surface area contributed by atoms with Crippen LogP contribution in [0.5, 0.6) is 0 Å². The van der Waals surface area contributed by atoms with E-state index in [-0.39, 0.29) is 36.0 Å². The van der Waals surface area contributed by atoms with Crippen molar-refractivity contribution in [1.29, 1.82) is 0 Å². The van der Waals surface area contributed by atoms with E-state index in [9.17, 15) is 18.0 Å². The molecule has 9 heteroatoms. The molecule has 3 rings (SSSR count). The second-order valence-electron chi connectivity index (χ2n) is 9.30. The van der Waals surface area contributed by atoms with Crippen LogP contribution in [-0.4, -0.2) is 61.7 Å². The fourth-order valence-electron chi connectivity index (χ4n) is 4.34. The van der Waals surface area contributed by atoms with Gasteiger partial charge in [0.2, 0.25) is 15.9 Å². The lowest BCUT2D eigenvalue weighted by Gasteiger charge is -2.35. The first-order valence-electron chi connectivity index (χ1n) is 11.4. The number of rotatable bonds is 6. The Bertz CT molecular complexity index is 915. The summed E-state index contributed by atoms with van der Waals surface area (Å²) in [6, 6.07) is 6.91. The lowest BCUT2D eigenvalue weighted by molar-refractivity contribution is -0.120. The maximum Gasteiger partial charge on any atom is 0.254 e. The zero-order valence-electron chi connectivity index (χ0n) is 19.3. The van der Waals surface area contributed by atoms with Crippen molar-refractivity contribution in [3.63, 3.8) is 0 Å². The number of anilines is 1. The van der Waals surface area contributed by atoms with Gasteiger partial charge in [-0.2, -0.15) is 0 Å². The predicted octanol–water partition coefficient (Wildman–Crippen LogP) is 2.76. The number of hydrogen-bond acceptors (Lipinski definition) is 5. The van der Waals surface area contributed by atoms with Gasteiger partial charge < -0.3 is 15.0 Å². The summed E-state index contributed by atoms with van der Waals surface area (Å²) >= 11 is 0. The maximum atomic E-state index is 12.9. The summed E-state index contributed by atoms with van der Waals surface area (Å²) < 4.78 is 32.6. The molecule has 2 N–H and O–H groups in total. The average molecular weight is 466 g/mol. The van der Waals surface area contributed by atoms with Crippen molar-refractivity contribution in [2.24, 2.45) is 5.92 Å². The number of nitrogens with one attached hydrogen (secondary N) is 2. The smallest absolute Gasteiger partial charge is 0.254 e. The molecule has 2 aliphatic rings. The monoisotopic (exact) mass is 465 g/mol. The summed E-state index contributed by atoms with van der Waals surface area (Å²) in [5.74, 6) is -0.329. The van der Waals surface area contributed by atoms with Crippen LogP contribution in [0.25, 0.3) is 0 Å². The van der Waals surface area contributed by atoms with Crippen molar-refractivity contribution in [2.45, 2.75) is 76.9 Å². The van der Waals surface area contributed by atoms with Gasteiger partial charge in [-0.3, -0.25) is 9.59 Å². The molecule has 0 aromatic heterocycles. The van der Waals surface area contributed by atoms with E-state index < -0.39 is 15.3 Å². The quantitative estimate of drug-likeness (QED) is 0.672. The SMILES string of the molecule is CC(C)S(=O)(=O)NC1CCC(C(=O)Nc2cccc(C(=O)N3C[C@@H](C)O[C@@H](C)C3)c2)CC1. The molecule has 1 saturated heterocycles. The number of amides is 2. The normalized spacial score (nSPS) is 26.7. The molecule has 178 valence electrons. The standard InChI is InChI=1S/C23H35N3O5S/c1-15(2)32(29,30)25-20-10-8-18(9-11-20)22(27)24-21-7-5-6-19(12-21)23(28)26-13-16(3)31-17(4)14-26/h5-7,12,15-18,20,25H,8-11,13-14H2,1-4H3,(H,24,27)/t16-,17+,18?,20?. The van der Waals surface area contributed by atoms with Crippen LogP contribution in [0.4, 0.5) is 5.69 Å². The Morgan fingerprint density at radius 3 is 2.28 bits per heavy atom. The van der Waals surface area contributed by atoms with Gasteiger partial charge in [0.1, 0.15) is 0 Å². The van der Waals surface area contributed by atoms with E-state index in [2.05, 4.69) is 10.0 Å². The topological polar surface area (TPSA) is 105 Å². The molecule has 1 aliphatic heterocycles. The van der Waals surface area contributed by atoms with E-state index in [0.29, 0.717) is 50.0 Å². The molecule has 0 spiro atoms. The highest BCUT2D eigenvalue weighted by atomic mass is 32.2. The Hall–Kier alpha value is -1.97. The Morgan fingerprint density at radius 2 is 1.69 bits per heavy atom. The van der Waals surface area contributed by atoms with E-state index in [1.54, 1.807) is 43.0 Å². The highest BCUT2D eigenvalue weighted by Gasteiger charge is 2.30. The largest absolute Gasteiger partial charge is 0.372 e. The summed E-state index contributed by atoms with van der Waals surface area (Å²) in [6.45, 7) is 8.30. The van der Waals surface area contributed by atoms with Crippen LogP contribution in [0.2, 0.25) is 0 Å². The molecule has 2 atom stereocenters. The van der Waals surface area contributed by atoms with Gasteiger partial charge in [-0.15, -0.1) is 0 Å². The number of ether oxygens (including phenoxy) is 1. The highest BCUT2D eigenvalue weighted by Crippen LogP contribution is 2.27. The number of carbonyl (C=O) groups is 2. The molecule has 1 aromatic rings. The zero-order valence-corrected chi connectivity index (χ0v) is 20.2. The number of morpholine rings is 1. The summed E-state index contributed by atoms with van der Waals surface area (Å²) in [5.41, 5.74) is 1.13. The van der Waals surface area contributed by atoms with Crippen LogP contribution in [0.1, 0.15) is 63.7 Å². The summed E-state index contributed by atoms with van der Waals surface area (Å²) in [6.07, 6.45) is 2.50. The van der Waals surface area contributed by atoms with Gasteiger partial charge in [-0.05, 0) is 71.6 Å². The number of benzene rings is 1. The van der Waals surface area contributed by atoms with Crippen molar-refractivity contribution in [1.82, 2.24) is 9.62 Å². The van der Waals surface area contributed by atoms with Crippen molar-refractivity contribution < 1.29 is 22.7 Å². The fraction of sp³-hybridized carbons (Fsp3) is 0.652. The van der Waals surface area contributed by atoms with Gasteiger partial charge in [0, 0.05) is 36.3 Å². The molecule has 1 heterocycles. The Kier molecular flexibility index (Phi) is 7.95. The second-order valence-corrected chi connectivity index (χ2v) is 11.6. The van der Waals surface area contributed by atoms with Gasteiger partial charge in [-0.25, -0.2) is 13.1 Å². The lowest BCUT2D eigenvalue weighted by atomic mass is 9.86. The van der Waals surface area contributed by atoms with Crippen LogP contribution >= 0.6 is 0 Å². The van der Waals surface area contributed by atoms with Crippen LogP contribution in [-0.2, 0) is 19.6 Å². The lowest BCUT2D eigenvalue weighted by Crippen LogP contribution is -2.48. The third-order valence-electron chi connectivity index (χ3n) is 6.13. The van der Waals surface area contributed by atoms with Crippen molar-refractivity contribution in [3.05, 3.63) is 29.8 Å². The van der Waals surface area contributed by atoms with E-state index in [1.165, 1.54) is 0 Å². The summed E-state index contributed by atoms with van der Waals surface area (Å²) in [4.78, 5) is 27.5. The van der Waals surface area contributed by atoms with Crippen molar-refractivity contribution in [2.75, 3.05) is 18.4 Å². The minimum atomic E-state index is -3.31. The molecule has 2 amide bonds. The molecular formula is C23H35N3O5S. The van der Waals surface area contributed by atoms with Crippen molar-refractivity contribution in [3.8, 4) is 0 Å². The first-order chi connectivity index (χ1) is 15.0. The van der Waals surface area contributed by atoms with E-state index in [4.69, 9.17) is 4.74 Å². The highest BCUT2D eigenvalue weighted by molar-refractivity contribution is 7.90. The van der Waals surface area contributed by atoms with Crippen LogP contribution in [0.15, 0.2) is 24.3 Å². The molecule has 8 nitrogen and oxygen atoms in total. The first kappa shape index (κ1) is 24.7. The van der Waals surface area contributed by atoms with Crippen LogP contribution in [0.3, 0.4) is 0 Å². The van der Waals surface area contributed by atoms with Gasteiger partial charge in [0.05, 0.1) is 17.5 Å². The Balaban J connectivity index is 1.56. The second kappa shape index (κ2) is 10.3. The molecule has 1 aliphatic carbocycles. The third kappa shape index (κ3) is 6.30. The molecule has 0 bridgehead atoms. The Labute approximate surface area is 191 Å². The molecular weight excluding hydrogens is 430 g/mol. The zero-order chi connectivity index (χ0) is 23.5. The number of carbonyl (C=O) groups excluding carboxylic acids is 2. The summed E-state index contributed by atoms with van der Waals surface area (Å²) in [5, 5.41) is 2.47. The Morgan fingerprint density at radius 1 is 1.06 bits per heavy atom. The molecule has 0 radical (unpaired) electrons.